The van der Waals surface area contributed by atoms with E-state index in [-0.39, 0.29) is 29.8 Å². The van der Waals surface area contributed by atoms with Crippen LogP contribution in [0.25, 0.3) is 16.6 Å². The van der Waals surface area contributed by atoms with Crippen LogP contribution in [-0.2, 0) is 12.5 Å². The molecule has 1 aromatic heterocycles. The van der Waals surface area contributed by atoms with Gasteiger partial charge in [0.05, 0.1) is 25.4 Å². The van der Waals surface area contributed by atoms with Crippen LogP contribution in [0.4, 0.5) is 14.5 Å². The summed E-state index contributed by atoms with van der Waals surface area (Å²) in [5.74, 6) is -0.519. The summed E-state index contributed by atoms with van der Waals surface area (Å²) in [6.45, 7) is 1.99. The lowest BCUT2D eigenvalue weighted by Gasteiger charge is -2.22. The monoisotopic (exact) mass is 618 g/mol. The fourth-order valence-corrected chi connectivity index (χ4v) is 5.05. The van der Waals surface area contributed by atoms with Gasteiger partial charge in [0.1, 0.15) is 41.1 Å². The van der Waals surface area contributed by atoms with Gasteiger partial charge in [0.25, 0.3) is 5.91 Å². The summed E-state index contributed by atoms with van der Waals surface area (Å²) >= 11 is 5.89. The minimum atomic E-state index is -0.840. The molecular formula is C34H29ClF2N2O5. The molecule has 5 aromatic rings. The minimum absolute atomic E-state index is 0.00748. The standard InChI is InChI=1S/C34H29ClF2N2O5/c1-4-38(25-12-23(36)11-24(37)13-25)34(41)31-19-39(26-14-28(42-2)16-29(15-26)43-3)32-17-27(9-10-30(32)33(31)40)44-20-22-7-5-21(18-35)6-8-22/h5-17,19H,4,18,20H2,1-3H3. The van der Waals surface area contributed by atoms with Gasteiger partial charge in [-0.15, -0.1) is 11.6 Å². The number of carbonyl (C=O) groups excluding carboxylic acids is 1. The van der Waals surface area contributed by atoms with Gasteiger partial charge in [-0.05, 0) is 42.3 Å². The van der Waals surface area contributed by atoms with Gasteiger partial charge in [-0.3, -0.25) is 9.59 Å². The second kappa shape index (κ2) is 13.2. The summed E-state index contributed by atoms with van der Waals surface area (Å²) in [6.07, 6.45) is 1.41. The summed E-state index contributed by atoms with van der Waals surface area (Å²) < 4.78 is 46.8. The molecule has 4 aromatic carbocycles. The number of alkyl halides is 1. The molecule has 0 aliphatic rings. The molecule has 0 atom stereocenters. The van der Waals surface area contributed by atoms with Crippen molar-refractivity contribution < 1.29 is 27.8 Å². The topological polar surface area (TPSA) is 70.0 Å². The third-order valence-electron chi connectivity index (χ3n) is 7.12. The number of anilines is 1. The van der Waals surface area contributed by atoms with E-state index in [9.17, 15) is 18.4 Å². The highest BCUT2D eigenvalue weighted by molar-refractivity contribution is 6.17. The smallest absolute Gasteiger partial charge is 0.263 e. The Morgan fingerprint density at radius 1 is 0.841 bits per heavy atom. The molecule has 0 fully saturated rings. The number of benzene rings is 4. The van der Waals surface area contributed by atoms with Crippen molar-refractivity contribution in [2.24, 2.45) is 0 Å². The van der Waals surface area contributed by atoms with Gasteiger partial charge < -0.3 is 23.7 Å². The molecule has 226 valence electrons. The third-order valence-corrected chi connectivity index (χ3v) is 7.43. The zero-order chi connectivity index (χ0) is 31.4. The quantitative estimate of drug-likeness (QED) is 0.154. The predicted molar refractivity (Wildman–Crippen MR) is 167 cm³/mol. The van der Waals surface area contributed by atoms with Crippen LogP contribution in [0.3, 0.4) is 0 Å². The van der Waals surface area contributed by atoms with Crippen molar-refractivity contribution in [2.75, 3.05) is 25.7 Å². The SMILES string of the molecule is CCN(C(=O)c1cn(-c2cc(OC)cc(OC)c2)c2cc(OCc3ccc(CCl)cc3)ccc2c1=O)c1cc(F)cc(F)c1. The molecule has 0 N–H and O–H groups in total. The number of aromatic nitrogens is 1. The summed E-state index contributed by atoms with van der Waals surface area (Å²) in [5, 5.41) is 0.234. The molecule has 44 heavy (non-hydrogen) atoms. The largest absolute Gasteiger partial charge is 0.497 e. The Hall–Kier alpha value is -4.89. The first-order chi connectivity index (χ1) is 21.2. The number of amides is 1. The number of ether oxygens (including phenoxy) is 3. The summed E-state index contributed by atoms with van der Waals surface area (Å²) in [5.41, 5.74) is 2.17. The number of halogens is 3. The van der Waals surface area contributed by atoms with E-state index in [4.69, 9.17) is 25.8 Å². The molecule has 5 rings (SSSR count). The normalized spacial score (nSPS) is 11.0. The molecule has 0 spiro atoms. The van der Waals surface area contributed by atoms with E-state index in [1.54, 1.807) is 47.9 Å². The fraction of sp³-hybridized carbons (Fsp3) is 0.176. The minimum Gasteiger partial charge on any atom is -0.497 e. The van der Waals surface area contributed by atoms with Gasteiger partial charge >= 0.3 is 0 Å². The van der Waals surface area contributed by atoms with Crippen LogP contribution < -0.4 is 24.5 Å². The van der Waals surface area contributed by atoms with E-state index in [2.05, 4.69) is 0 Å². The van der Waals surface area contributed by atoms with Crippen molar-refractivity contribution in [2.45, 2.75) is 19.4 Å². The average molecular weight is 619 g/mol. The maximum Gasteiger partial charge on any atom is 0.263 e. The maximum absolute atomic E-state index is 14.1. The first-order valence-corrected chi connectivity index (χ1v) is 14.3. The molecule has 0 saturated carbocycles. The van der Waals surface area contributed by atoms with Crippen LogP contribution in [0.15, 0.2) is 89.9 Å². The molecule has 10 heteroatoms. The lowest BCUT2D eigenvalue weighted by molar-refractivity contribution is 0.0987. The number of rotatable bonds is 10. The number of pyridine rings is 1. The van der Waals surface area contributed by atoms with E-state index in [1.165, 1.54) is 20.4 Å². The Bertz CT molecular complexity index is 1850. The van der Waals surface area contributed by atoms with E-state index < -0.39 is 23.0 Å². The lowest BCUT2D eigenvalue weighted by atomic mass is 10.1. The van der Waals surface area contributed by atoms with Gasteiger partial charge in [-0.2, -0.15) is 0 Å². The van der Waals surface area contributed by atoms with E-state index in [1.807, 2.05) is 24.3 Å². The van der Waals surface area contributed by atoms with Crippen LogP contribution in [0.5, 0.6) is 17.2 Å². The summed E-state index contributed by atoms with van der Waals surface area (Å²) in [4.78, 5) is 28.8. The molecule has 0 saturated heterocycles. The van der Waals surface area contributed by atoms with Crippen molar-refractivity contribution in [3.8, 4) is 22.9 Å². The van der Waals surface area contributed by atoms with Crippen molar-refractivity contribution in [3.05, 3.63) is 124 Å². The van der Waals surface area contributed by atoms with Crippen LogP contribution in [0, 0.1) is 11.6 Å². The second-order valence-electron chi connectivity index (χ2n) is 9.91. The second-order valence-corrected chi connectivity index (χ2v) is 10.2. The fourth-order valence-electron chi connectivity index (χ4n) is 4.87. The highest BCUT2D eigenvalue weighted by Crippen LogP contribution is 2.30. The first-order valence-electron chi connectivity index (χ1n) is 13.7. The Morgan fingerprint density at radius 2 is 1.48 bits per heavy atom. The highest BCUT2D eigenvalue weighted by Gasteiger charge is 2.24. The number of hydrogen-bond donors (Lipinski definition) is 0. The Labute approximate surface area is 257 Å². The van der Waals surface area contributed by atoms with Crippen LogP contribution >= 0.6 is 11.6 Å². The third kappa shape index (κ3) is 6.38. The molecule has 7 nitrogen and oxygen atoms in total. The molecule has 1 amide bonds. The molecule has 0 aliphatic carbocycles. The first kappa shape index (κ1) is 30.6. The van der Waals surface area contributed by atoms with Gasteiger partial charge in [-0.1, -0.05) is 24.3 Å². The van der Waals surface area contributed by atoms with Crippen LogP contribution in [-0.4, -0.2) is 31.2 Å². The Balaban J connectivity index is 1.65. The summed E-state index contributed by atoms with van der Waals surface area (Å²) in [7, 11) is 3.03. The van der Waals surface area contributed by atoms with E-state index >= 15 is 0 Å². The summed E-state index contributed by atoms with van der Waals surface area (Å²) in [6, 6.07) is 20.6. The molecular weight excluding hydrogens is 590 g/mol. The molecule has 0 unspecified atom stereocenters. The van der Waals surface area contributed by atoms with Crippen molar-refractivity contribution in [1.29, 1.82) is 0 Å². The number of fused-ring (bicyclic) bond motifs is 1. The van der Waals surface area contributed by atoms with E-state index in [0.717, 1.165) is 34.2 Å². The van der Waals surface area contributed by atoms with Gasteiger partial charge in [0, 0.05) is 60.0 Å². The number of methoxy groups -OCH3 is 2. The number of carbonyl (C=O) groups is 1. The van der Waals surface area contributed by atoms with Gasteiger partial charge in [0.2, 0.25) is 5.43 Å². The van der Waals surface area contributed by atoms with Crippen molar-refractivity contribution in [3.63, 3.8) is 0 Å². The van der Waals surface area contributed by atoms with Gasteiger partial charge in [-0.25, -0.2) is 8.78 Å². The number of hydrogen-bond acceptors (Lipinski definition) is 5. The average Bonchev–Trinajstić information content (AvgIpc) is 3.03. The zero-order valence-electron chi connectivity index (χ0n) is 24.3. The number of nitrogens with zero attached hydrogens (tertiary/aromatic N) is 2. The van der Waals surface area contributed by atoms with Crippen molar-refractivity contribution in [1.82, 2.24) is 4.57 Å². The van der Waals surface area contributed by atoms with E-state index in [0.29, 0.717) is 34.3 Å². The van der Waals surface area contributed by atoms with Crippen molar-refractivity contribution >= 4 is 34.1 Å². The van der Waals surface area contributed by atoms with Crippen LogP contribution in [0.1, 0.15) is 28.4 Å². The van der Waals surface area contributed by atoms with Crippen LogP contribution in [0.2, 0.25) is 0 Å². The van der Waals surface area contributed by atoms with Gasteiger partial charge in [0.15, 0.2) is 0 Å². The zero-order valence-corrected chi connectivity index (χ0v) is 25.0. The Morgan fingerprint density at radius 3 is 2.07 bits per heavy atom. The molecule has 0 radical (unpaired) electrons. The lowest BCUT2D eigenvalue weighted by Crippen LogP contribution is -2.35. The molecule has 1 heterocycles. The highest BCUT2D eigenvalue weighted by atomic mass is 35.5. The molecule has 0 bridgehead atoms. The Kier molecular flexibility index (Phi) is 9.15. The predicted octanol–water partition coefficient (Wildman–Crippen LogP) is 7.27. The molecule has 0 aliphatic heterocycles. The maximum atomic E-state index is 14.1.